The van der Waals surface area contributed by atoms with Gasteiger partial charge in [-0.1, -0.05) is 6.07 Å². The Morgan fingerprint density at radius 1 is 1.44 bits per heavy atom. The summed E-state index contributed by atoms with van der Waals surface area (Å²) in [6, 6.07) is 4.82. The summed E-state index contributed by atoms with van der Waals surface area (Å²) in [5.41, 5.74) is 8.01. The minimum Gasteiger partial charge on any atom is -0.480 e. The Morgan fingerprint density at radius 2 is 2.19 bits per heavy atom. The second-order valence-corrected chi connectivity index (χ2v) is 3.63. The van der Waals surface area contributed by atoms with E-state index in [1.54, 1.807) is 0 Å². The number of rotatable bonds is 4. The number of H-pyrrole nitrogens is 1. The van der Waals surface area contributed by atoms with E-state index >= 15 is 0 Å². The summed E-state index contributed by atoms with van der Waals surface area (Å²) < 4.78 is 0. The first kappa shape index (κ1) is 10.6. The first-order valence-corrected chi connectivity index (χ1v) is 4.94. The molecule has 0 amide bonds. The molecule has 0 bridgehead atoms. The van der Waals surface area contributed by atoms with E-state index in [0.717, 1.165) is 16.6 Å². The highest BCUT2D eigenvalue weighted by Crippen LogP contribution is 2.12. The molecule has 1 aromatic heterocycles. The Kier molecular flexibility index (Phi) is 2.82. The SMILES string of the molecule is N[C@H](CCc1ccc2n[nH]nc2c1)C(=O)O. The summed E-state index contributed by atoms with van der Waals surface area (Å²) in [4.78, 5) is 10.5. The van der Waals surface area contributed by atoms with Crippen molar-refractivity contribution in [3.63, 3.8) is 0 Å². The summed E-state index contributed by atoms with van der Waals surface area (Å²) in [7, 11) is 0. The maximum Gasteiger partial charge on any atom is 0.320 e. The molecule has 0 aliphatic rings. The zero-order valence-electron chi connectivity index (χ0n) is 8.55. The minimum atomic E-state index is -0.970. The molecule has 1 aromatic carbocycles. The number of nitrogens with two attached hydrogens (primary N) is 1. The third-order valence-corrected chi connectivity index (χ3v) is 2.44. The number of hydrogen-bond acceptors (Lipinski definition) is 4. The number of benzene rings is 1. The van der Waals surface area contributed by atoms with Crippen LogP contribution in [0.15, 0.2) is 18.2 Å². The lowest BCUT2D eigenvalue weighted by molar-refractivity contribution is -0.138. The molecular weight excluding hydrogens is 208 g/mol. The van der Waals surface area contributed by atoms with Crippen molar-refractivity contribution in [1.82, 2.24) is 15.4 Å². The monoisotopic (exact) mass is 220 g/mol. The largest absolute Gasteiger partial charge is 0.480 e. The summed E-state index contributed by atoms with van der Waals surface area (Å²) in [6.07, 6.45) is 1.04. The molecule has 2 aromatic rings. The van der Waals surface area contributed by atoms with Crippen molar-refractivity contribution in [3.8, 4) is 0 Å². The van der Waals surface area contributed by atoms with Gasteiger partial charge in [0, 0.05) is 0 Å². The number of carbonyl (C=O) groups is 1. The van der Waals surface area contributed by atoms with Crippen molar-refractivity contribution < 1.29 is 9.90 Å². The molecule has 0 saturated carbocycles. The highest BCUT2D eigenvalue weighted by Gasteiger charge is 2.11. The number of aliphatic carboxylic acids is 1. The van der Waals surface area contributed by atoms with Gasteiger partial charge in [0.25, 0.3) is 0 Å². The zero-order chi connectivity index (χ0) is 11.5. The Hall–Kier alpha value is -1.95. The molecule has 0 aliphatic heterocycles. The molecule has 0 aliphatic carbocycles. The summed E-state index contributed by atoms with van der Waals surface area (Å²) in [6.45, 7) is 0. The van der Waals surface area contributed by atoms with Crippen molar-refractivity contribution in [1.29, 1.82) is 0 Å². The molecule has 0 spiro atoms. The lowest BCUT2D eigenvalue weighted by Crippen LogP contribution is -2.30. The van der Waals surface area contributed by atoms with Crippen LogP contribution < -0.4 is 5.73 Å². The number of fused-ring (bicyclic) bond motifs is 1. The number of aromatic amines is 1. The average molecular weight is 220 g/mol. The topological polar surface area (TPSA) is 105 Å². The van der Waals surface area contributed by atoms with Crippen molar-refractivity contribution >= 4 is 17.0 Å². The molecule has 6 nitrogen and oxygen atoms in total. The minimum absolute atomic E-state index is 0.415. The summed E-state index contributed by atoms with van der Waals surface area (Å²) >= 11 is 0. The van der Waals surface area contributed by atoms with Gasteiger partial charge in [0.05, 0.1) is 0 Å². The molecule has 0 saturated heterocycles. The molecule has 2 rings (SSSR count). The smallest absolute Gasteiger partial charge is 0.320 e. The molecule has 1 atom stereocenters. The van der Waals surface area contributed by atoms with Gasteiger partial charge < -0.3 is 10.8 Å². The molecule has 0 radical (unpaired) electrons. The lowest BCUT2D eigenvalue weighted by atomic mass is 10.1. The fourth-order valence-electron chi connectivity index (χ4n) is 1.49. The number of aromatic nitrogens is 3. The van der Waals surface area contributed by atoms with Crippen LogP contribution in [0, 0.1) is 0 Å². The van der Waals surface area contributed by atoms with Gasteiger partial charge in [-0.25, -0.2) is 0 Å². The zero-order valence-corrected chi connectivity index (χ0v) is 8.55. The molecule has 0 unspecified atom stereocenters. The van der Waals surface area contributed by atoms with E-state index in [1.807, 2.05) is 18.2 Å². The second-order valence-electron chi connectivity index (χ2n) is 3.63. The molecule has 16 heavy (non-hydrogen) atoms. The fourth-order valence-corrected chi connectivity index (χ4v) is 1.49. The van der Waals surface area contributed by atoms with Crippen molar-refractivity contribution in [2.24, 2.45) is 5.73 Å². The van der Waals surface area contributed by atoms with Gasteiger partial charge in [-0.2, -0.15) is 15.4 Å². The standard InChI is InChI=1S/C10H12N4O2/c11-7(10(15)16)3-1-6-2-4-8-9(5-6)13-14-12-8/h2,4-5,7H,1,3,11H2,(H,15,16)(H,12,13,14)/t7-/m1/s1. The van der Waals surface area contributed by atoms with E-state index in [0.29, 0.717) is 12.8 Å². The van der Waals surface area contributed by atoms with Crippen LogP contribution in [-0.2, 0) is 11.2 Å². The van der Waals surface area contributed by atoms with E-state index < -0.39 is 12.0 Å². The number of aryl methyl sites for hydroxylation is 1. The molecular formula is C10H12N4O2. The maximum atomic E-state index is 10.5. The Balaban J connectivity index is 2.06. The van der Waals surface area contributed by atoms with Crippen LogP contribution in [0.4, 0.5) is 0 Å². The predicted octanol–water partition coefficient (Wildman–Crippen LogP) is 0.302. The quantitative estimate of drug-likeness (QED) is 0.687. The Bertz CT molecular complexity index is 508. The highest BCUT2D eigenvalue weighted by atomic mass is 16.4. The van der Waals surface area contributed by atoms with Crippen LogP contribution in [0.5, 0.6) is 0 Å². The van der Waals surface area contributed by atoms with Gasteiger partial charge >= 0.3 is 5.97 Å². The summed E-state index contributed by atoms with van der Waals surface area (Å²) in [5, 5.41) is 19.1. The first-order chi connectivity index (χ1) is 7.66. The average Bonchev–Trinajstić information content (AvgIpc) is 2.72. The number of hydrogen-bond donors (Lipinski definition) is 3. The van der Waals surface area contributed by atoms with Crippen LogP contribution in [0.2, 0.25) is 0 Å². The van der Waals surface area contributed by atoms with E-state index in [2.05, 4.69) is 15.4 Å². The van der Waals surface area contributed by atoms with Crippen molar-refractivity contribution in [2.45, 2.75) is 18.9 Å². The van der Waals surface area contributed by atoms with Gasteiger partial charge in [0.1, 0.15) is 17.1 Å². The van der Waals surface area contributed by atoms with Crippen LogP contribution in [0.25, 0.3) is 11.0 Å². The van der Waals surface area contributed by atoms with E-state index in [1.165, 1.54) is 0 Å². The van der Waals surface area contributed by atoms with Crippen LogP contribution >= 0.6 is 0 Å². The molecule has 1 heterocycles. The number of nitrogens with zero attached hydrogens (tertiary/aromatic N) is 2. The second kappa shape index (κ2) is 4.28. The van der Waals surface area contributed by atoms with E-state index in [-0.39, 0.29) is 0 Å². The highest BCUT2D eigenvalue weighted by molar-refractivity contribution is 5.74. The van der Waals surface area contributed by atoms with Crippen LogP contribution in [0.1, 0.15) is 12.0 Å². The molecule has 4 N–H and O–H groups in total. The Labute approximate surface area is 91.5 Å². The first-order valence-electron chi connectivity index (χ1n) is 4.94. The summed E-state index contributed by atoms with van der Waals surface area (Å²) in [5.74, 6) is -0.970. The number of nitrogens with one attached hydrogen (secondary N) is 1. The van der Waals surface area contributed by atoms with Crippen LogP contribution in [-0.4, -0.2) is 32.5 Å². The van der Waals surface area contributed by atoms with Crippen molar-refractivity contribution in [3.05, 3.63) is 23.8 Å². The molecule has 0 fully saturated rings. The lowest BCUT2D eigenvalue weighted by Gasteiger charge is -2.05. The van der Waals surface area contributed by atoms with E-state index in [4.69, 9.17) is 10.8 Å². The maximum absolute atomic E-state index is 10.5. The normalized spacial score (nSPS) is 12.8. The van der Waals surface area contributed by atoms with Gasteiger partial charge in [-0.15, -0.1) is 0 Å². The van der Waals surface area contributed by atoms with Crippen molar-refractivity contribution in [2.75, 3.05) is 0 Å². The van der Waals surface area contributed by atoms with Gasteiger partial charge in [0.2, 0.25) is 0 Å². The van der Waals surface area contributed by atoms with Gasteiger partial charge in [-0.05, 0) is 30.5 Å². The number of carboxylic acid groups (broad SMARTS) is 1. The number of carboxylic acids is 1. The molecule has 6 heteroatoms. The van der Waals surface area contributed by atoms with E-state index in [9.17, 15) is 4.79 Å². The predicted molar refractivity (Wildman–Crippen MR) is 57.8 cm³/mol. The third kappa shape index (κ3) is 2.17. The molecule has 84 valence electrons. The third-order valence-electron chi connectivity index (χ3n) is 2.44. The fraction of sp³-hybridized carbons (Fsp3) is 0.300. The van der Waals surface area contributed by atoms with Gasteiger partial charge in [-0.3, -0.25) is 4.79 Å². The Morgan fingerprint density at radius 3 is 2.94 bits per heavy atom. The van der Waals surface area contributed by atoms with Gasteiger partial charge in [0.15, 0.2) is 0 Å². The van der Waals surface area contributed by atoms with Crippen LogP contribution in [0.3, 0.4) is 0 Å².